The smallest absolute Gasteiger partial charge is 0.262 e. The van der Waals surface area contributed by atoms with Crippen molar-refractivity contribution in [2.24, 2.45) is 0 Å². The largest absolute Gasteiger partial charge is 0.332 e. The molecule has 1 aliphatic rings. The van der Waals surface area contributed by atoms with Gasteiger partial charge in [0.05, 0.1) is 11.1 Å². The van der Waals surface area contributed by atoms with Crippen LogP contribution in [0.3, 0.4) is 0 Å². The van der Waals surface area contributed by atoms with Crippen molar-refractivity contribution < 1.29 is 14.4 Å². The molecule has 0 saturated carbocycles. The quantitative estimate of drug-likeness (QED) is 0.561. The van der Waals surface area contributed by atoms with E-state index in [1.54, 1.807) is 24.3 Å². The number of fused-ring (bicyclic) bond motifs is 1. The van der Waals surface area contributed by atoms with E-state index in [9.17, 15) is 14.4 Å². The second-order valence-corrected chi connectivity index (χ2v) is 8.27. The number of anilines is 1. The zero-order chi connectivity index (χ0) is 22.0. The highest BCUT2D eigenvalue weighted by Crippen LogP contribution is 2.32. The van der Waals surface area contributed by atoms with Crippen molar-refractivity contribution in [2.75, 3.05) is 11.9 Å². The number of carbonyl (C=O) groups excluding carboxylic acids is 3. The Morgan fingerprint density at radius 2 is 1.40 bits per heavy atom. The molecule has 1 aliphatic heterocycles. The molecule has 3 amide bonds. The Morgan fingerprint density at radius 3 is 1.87 bits per heavy atom. The lowest BCUT2D eigenvalue weighted by molar-refractivity contribution is -0.120. The molecule has 0 fully saturated rings. The second kappa shape index (κ2) is 8.75. The SMILES string of the molecule is CC(C)c1cccc(C(C)C)c1NC(=S)NC(=O)CN1C(=O)c2ccccc2C1=O. The van der Waals surface area contributed by atoms with Crippen molar-refractivity contribution in [1.82, 2.24) is 10.2 Å². The van der Waals surface area contributed by atoms with Gasteiger partial charge < -0.3 is 10.6 Å². The van der Waals surface area contributed by atoms with E-state index in [4.69, 9.17) is 12.2 Å². The van der Waals surface area contributed by atoms with Crippen molar-refractivity contribution in [3.05, 3.63) is 64.7 Å². The van der Waals surface area contributed by atoms with Gasteiger partial charge in [-0.15, -0.1) is 0 Å². The first-order valence-corrected chi connectivity index (χ1v) is 10.3. The molecule has 2 aromatic carbocycles. The number of amides is 3. The number of thiocarbonyl (C=S) groups is 1. The summed E-state index contributed by atoms with van der Waals surface area (Å²) in [5.74, 6) is -0.949. The standard InChI is InChI=1S/C23H25N3O3S/c1-13(2)15-10-7-11-16(14(3)4)20(15)25-23(30)24-19(27)12-26-21(28)17-8-5-6-9-18(17)22(26)29/h5-11,13-14H,12H2,1-4H3,(H2,24,25,27,30). The number of para-hydroxylation sites is 1. The fourth-order valence-corrected chi connectivity index (χ4v) is 3.75. The molecule has 0 atom stereocenters. The molecule has 0 spiro atoms. The average molecular weight is 424 g/mol. The van der Waals surface area contributed by atoms with Gasteiger partial charge in [0.15, 0.2) is 5.11 Å². The summed E-state index contributed by atoms with van der Waals surface area (Å²) in [6.07, 6.45) is 0. The van der Waals surface area contributed by atoms with Crippen LogP contribution in [0.5, 0.6) is 0 Å². The molecule has 0 aliphatic carbocycles. The Bertz CT molecular complexity index is 969. The van der Waals surface area contributed by atoms with Gasteiger partial charge in [0.25, 0.3) is 11.8 Å². The van der Waals surface area contributed by atoms with Crippen LogP contribution < -0.4 is 10.6 Å². The van der Waals surface area contributed by atoms with Crippen molar-refractivity contribution >= 4 is 40.7 Å². The summed E-state index contributed by atoms with van der Waals surface area (Å²) in [5, 5.41) is 5.87. The highest BCUT2D eigenvalue weighted by Gasteiger charge is 2.36. The molecule has 6 nitrogen and oxygen atoms in total. The number of carbonyl (C=O) groups is 3. The van der Waals surface area contributed by atoms with Crippen molar-refractivity contribution in [3.8, 4) is 0 Å². The lowest BCUT2D eigenvalue weighted by atomic mass is 9.93. The summed E-state index contributed by atoms with van der Waals surface area (Å²) in [6.45, 7) is 7.98. The average Bonchev–Trinajstić information content (AvgIpc) is 2.92. The highest BCUT2D eigenvalue weighted by atomic mass is 32.1. The Balaban J connectivity index is 1.70. The van der Waals surface area contributed by atoms with E-state index >= 15 is 0 Å². The van der Waals surface area contributed by atoms with Gasteiger partial charge in [-0.25, -0.2) is 0 Å². The van der Waals surface area contributed by atoms with Gasteiger partial charge >= 0.3 is 0 Å². The van der Waals surface area contributed by atoms with Crippen LogP contribution in [0, 0.1) is 0 Å². The first-order valence-electron chi connectivity index (χ1n) is 9.89. The zero-order valence-corrected chi connectivity index (χ0v) is 18.3. The summed E-state index contributed by atoms with van der Waals surface area (Å²) in [4.78, 5) is 38.3. The molecule has 0 unspecified atom stereocenters. The van der Waals surface area contributed by atoms with Crippen LogP contribution in [-0.4, -0.2) is 34.3 Å². The molecule has 0 radical (unpaired) electrons. The number of hydrogen-bond acceptors (Lipinski definition) is 4. The van der Waals surface area contributed by atoms with Crippen LogP contribution in [0.25, 0.3) is 0 Å². The van der Waals surface area contributed by atoms with Gasteiger partial charge in [0.1, 0.15) is 6.54 Å². The normalized spacial score (nSPS) is 13.1. The number of imide groups is 1. The summed E-state index contributed by atoms with van der Waals surface area (Å²) >= 11 is 5.34. The van der Waals surface area contributed by atoms with Crippen molar-refractivity contribution in [2.45, 2.75) is 39.5 Å². The summed E-state index contributed by atoms with van der Waals surface area (Å²) in [7, 11) is 0. The van der Waals surface area contributed by atoms with Gasteiger partial charge in [0, 0.05) is 5.69 Å². The maximum Gasteiger partial charge on any atom is 0.262 e. The van der Waals surface area contributed by atoms with Crippen molar-refractivity contribution in [1.29, 1.82) is 0 Å². The Labute approximate surface area is 181 Å². The van der Waals surface area contributed by atoms with Gasteiger partial charge in [-0.1, -0.05) is 58.0 Å². The Hall–Kier alpha value is -3.06. The second-order valence-electron chi connectivity index (χ2n) is 7.87. The maximum absolute atomic E-state index is 12.5. The summed E-state index contributed by atoms with van der Waals surface area (Å²) in [5.41, 5.74) is 3.69. The number of hydrogen-bond donors (Lipinski definition) is 2. The van der Waals surface area contributed by atoms with Crippen LogP contribution >= 0.6 is 12.2 Å². The third-order valence-corrected chi connectivity index (χ3v) is 5.25. The lowest BCUT2D eigenvalue weighted by Gasteiger charge is -2.21. The van der Waals surface area contributed by atoms with E-state index in [1.165, 1.54) is 0 Å². The fraction of sp³-hybridized carbons (Fsp3) is 0.304. The fourth-order valence-electron chi connectivity index (χ4n) is 3.53. The Kier molecular flexibility index (Phi) is 6.31. The maximum atomic E-state index is 12.5. The van der Waals surface area contributed by atoms with Crippen LogP contribution in [0.4, 0.5) is 5.69 Å². The topological polar surface area (TPSA) is 78.5 Å². The van der Waals surface area contributed by atoms with E-state index in [0.717, 1.165) is 21.7 Å². The molecule has 30 heavy (non-hydrogen) atoms. The molecular weight excluding hydrogens is 398 g/mol. The third kappa shape index (κ3) is 4.26. The van der Waals surface area contributed by atoms with Crippen molar-refractivity contribution in [3.63, 3.8) is 0 Å². The van der Waals surface area contributed by atoms with Gasteiger partial charge in [-0.2, -0.15) is 0 Å². The minimum absolute atomic E-state index is 0.131. The zero-order valence-electron chi connectivity index (χ0n) is 17.5. The molecule has 2 N–H and O–H groups in total. The highest BCUT2D eigenvalue weighted by molar-refractivity contribution is 7.80. The Morgan fingerprint density at radius 1 is 0.900 bits per heavy atom. The predicted octanol–water partition coefficient (Wildman–Crippen LogP) is 4.04. The van der Waals surface area contributed by atoms with E-state index in [2.05, 4.69) is 38.3 Å². The molecule has 3 rings (SSSR count). The van der Waals surface area contributed by atoms with Crippen LogP contribution in [0.2, 0.25) is 0 Å². The number of nitrogens with zero attached hydrogens (tertiary/aromatic N) is 1. The minimum atomic E-state index is -0.532. The molecule has 0 saturated heterocycles. The predicted molar refractivity (Wildman–Crippen MR) is 121 cm³/mol. The van der Waals surface area contributed by atoms with Crippen LogP contribution in [0.15, 0.2) is 42.5 Å². The van der Waals surface area contributed by atoms with E-state index in [1.807, 2.05) is 18.2 Å². The number of nitrogens with one attached hydrogen (secondary N) is 2. The van der Waals surface area contributed by atoms with E-state index in [0.29, 0.717) is 11.1 Å². The van der Waals surface area contributed by atoms with E-state index in [-0.39, 0.29) is 16.9 Å². The molecule has 0 aromatic heterocycles. The molecular formula is C23H25N3O3S. The minimum Gasteiger partial charge on any atom is -0.332 e. The first kappa shape index (κ1) is 21.6. The monoisotopic (exact) mass is 423 g/mol. The van der Waals surface area contributed by atoms with E-state index < -0.39 is 24.3 Å². The third-order valence-electron chi connectivity index (χ3n) is 5.04. The molecule has 0 bridgehead atoms. The lowest BCUT2D eigenvalue weighted by Crippen LogP contribution is -2.43. The van der Waals surface area contributed by atoms with Gasteiger partial charge in [-0.3, -0.25) is 19.3 Å². The number of benzene rings is 2. The first-order chi connectivity index (χ1) is 14.2. The van der Waals surface area contributed by atoms with Crippen LogP contribution in [0.1, 0.15) is 71.4 Å². The number of rotatable bonds is 5. The van der Waals surface area contributed by atoms with Crippen LogP contribution in [-0.2, 0) is 4.79 Å². The summed E-state index contributed by atoms with van der Waals surface area (Å²) in [6, 6.07) is 12.6. The molecule has 2 aromatic rings. The molecule has 1 heterocycles. The molecule has 156 valence electrons. The molecule has 7 heteroatoms. The van der Waals surface area contributed by atoms with Gasteiger partial charge in [0.2, 0.25) is 5.91 Å². The van der Waals surface area contributed by atoms with Gasteiger partial charge in [-0.05, 0) is 47.3 Å². The summed E-state index contributed by atoms with van der Waals surface area (Å²) < 4.78 is 0.